The molecule has 0 saturated carbocycles. The van der Waals surface area contributed by atoms with Crippen molar-refractivity contribution in [1.82, 2.24) is 0 Å². The largest absolute Gasteiger partial charge is 0.462 e. The van der Waals surface area contributed by atoms with Gasteiger partial charge in [0.05, 0.1) is 0 Å². The summed E-state index contributed by atoms with van der Waals surface area (Å²) in [4.78, 5) is 38.3. The summed E-state index contributed by atoms with van der Waals surface area (Å²) in [6.45, 7) is 6.35. The topological polar surface area (TPSA) is 78.9 Å². The van der Waals surface area contributed by atoms with Gasteiger partial charge in [0.25, 0.3) is 0 Å². The third-order valence-corrected chi connectivity index (χ3v) is 13.4. The van der Waals surface area contributed by atoms with Crippen molar-refractivity contribution in [3.63, 3.8) is 0 Å². The fourth-order valence-electron chi connectivity index (χ4n) is 8.54. The van der Waals surface area contributed by atoms with Gasteiger partial charge >= 0.3 is 17.9 Å². The number of hydrogen-bond acceptors (Lipinski definition) is 6. The lowest BCUT2D eigenvalue weighted by Gasteiger charge is -2.18. The van der Waals surface area contributed by atoms with Gasteiger partial charge in [0, 0.05) is 19.3 Å². The molecule has 0 amide bonds. The lowest BCUT2D eigenvalue weighted by molar-refractivity contribution is -0.167. The van der Waals surface area contributed by atoms with Crippen LogP contribution in [-0.4, -0.2) is 37.2 Å². The molecule has 0 aromatic carbocycles. The fourth-order valence-corrected chi connectivity index (χ4v) is 8.54. The van der Waals surface area contributed by atoms with Crippen LogP contribution < -0.4 is 0 Å². The molecule has 0 aromatic rings. The second-order valence-electron chi connectivity index (χ2n) is 21.3. The lowest BCUT2D eigenvalue weighted by atomic mass is 10.1. The van der Waals surface area contributed by atoms with Crippen LogP contribution in [0, 0.1) is 0 Å². The number of unbranched alkanes of at least 4 members (excludes halogenated alkanes) is 19. The molecule has 0 aliphatic carbocycles. The zero-order chi connectivity index (χ0) is 59.2. The van der Waals surface area contributed by atoms with Crippen molar-refractivity contribution < 1.29 is 28.6 Å². The summed E-state index contributed by atoms with van der Waals surface area (Å²) in [5.74, 6) is -0.974. The third-order valence-electron chi connectivity index (χ3n) is 13.4. The van der Waals surface area contributed by atoms with Gasteiger partial charge in [0.15, 0.2) is 6.10 Å². The summed E-state index contributed by atoms with van der Waals surface area (Å²) in [6.07, 6.45) is 101. The number of esters is 3. The summed E-state index contributed by atoms with van der Waals surface area (Å²) in [7, 11) is 0. The smallest absolute Gasteiger partial charge is 0.306 e. The standard InChI is InChI=1S/C76H120O6/c1-4-7-10-13-16-19-22-25-28-30-31-32-33-34-35-36-37-38-39-40-41-42-43-44-45-47-48-51-54-57-60-63-66-69-75(78)81-72-73(71-80-74(77)68-65-62-59-56-53-50-27-24-21-18-15-12-9-6-3)82-76(79)70-67-64-61-58-55-52-49-46-29-26-23-20-17-14-11-8-5-2/h7-8,10-11,16-17,19-20,24-29,31-32,34-35,37-38,40-41,43-44,47-48,54,57,73H,4-6,9,12-15,18,21-23,30,33,36,39,42,45-46,49-53,55-56,58-72H2,1-3H3/b10-7-,11-8-,19-16-,20-17-,27-24-,28-25-,29-26-,32-31-,35-34-,38-37-,41-40-,44-43-,48-47-,57-54-. The quantitative estimate of drug-likeness (QED) is 0.0261. The molecule has 0 aromatic heterocycles. The van der Waals surface area contributed by atoms with E-state index in [2.05, 4.69) is 191 Å². The number of carbonyl (C=O) groups is 3. The van der Waals surface area contributed by atoms with Gasteiger partial charge in [-0.3, -0.25) is 14.4 Å². The zero-order valence-electron chi connectivity index (χ0n) is 52.7. The van der Waals surface area contributed by atoms with Gasteiger partial charge in [-0.15, -0.1) is 0 Å². The van der Waals surface area contributed by atoms with E-state index in [1.807, 2.05) is 0 Å². The van der Waals surface area contributed by atoms with Crippen LogP contribution >= 0.6 is 0 Å². The van der Waals surface area contributed by atoms with E-state index in [4.69, 9.17) is 14.2 Å². The summed E-state index contributed by atoms with van der Waals surface area (Å²) in [6, 6.07) is 0. The average Bonchev–Trinajstić information content (AvgIpc) is 3.47. The Morgan fingerprint density at radius 3 is 0.780 bits per heavy atom. The third kappa shape index (κ3) is 65.6. The molecule has 0 saturated heterocycles. The van der Waals surface area contributed by atoms with Crippen LogP contribution in [0.4, 0.5) is 0 Å². The first-order valence-corrected chi connectivity index (χ1v) is 33.1. The van der Waals surface area contributed by atoms with Crippen molar-refractivity contribution in [1.29, 1.82) is 0 Å². The van der Waals surface area contributed by atoms with Gasteiger partial charge in [0.1, 0.15) is 13.2 Å². The van der Waals surface area contributed by atoms with Crippen LogP contribution in [0.2, 0.25) is 0 Å². The van der Waals surface area contributed by atoms with Crippen molar-refractivity contribution in [2.24, 2.45) is 0 Å². The van der Waals surface area contributed by atoms with E-state index >= 15 is 0 Å². The van der Waals surface area contributed by atoms with Gasteiger partial charge in [-0.1, -0.05) is 268 Å². The van der Waals surface area contributed by atoms with Crippen LogP contribution in [0.1, 0.15) is 271 Å². The molecule has 0 rings (SSSR count). The maximum atomic E-state index is 12.9. The van der Waals surface area contributed by atoms with E-state index in [0.717, 1.165) is 161 Å². The second-order valence-corrected chi connectivity index (χ2v) is 21.3. The van der Waals surface area contributed by atoms with Gasteiger partial charge in [-0.25, -0.2) is 0 Å². The molecule has 0 N–H and O–H groups in total. The lowest BCUT2D eigenvalue weighted by Crippen LogP contribution is -2.30. The molecule has 0 aliphatic heterocycles. The van der Waals surface area contributed by atoms with E-state index in [1.54, 1.807) is 0 Å². The molecular formula is C76H120O6. The molecule has 0 bridgehead atoms. The number of carbonyl (C=O) groups excluding carboxylic acids is 3. The van der Waals surface area contributed by atoms with E-state index in [1.165, 1.54) is 64.2 Å². The van der Waals surface area contributed by atoms with Crippen LogP contribution in [0.3, 0.4) is 0 Å². The van der Waals surface area contributed by atoms with Crippen LogP contribution in [0.15, 0.2) is 170 Å². The Hall–Kier alpha value is -5.23. The van der Waals surface area contributed by atoms with E-state index in [-0.39, 0.29) is 31.1 Å². The van der Waals surface area contributed by atoms with Crippen LogP contribution in [-0.2, 0) is 28.6 Å². The van der Waals surface area contributed by atoms with E-state index < -0.39 is 6.10 Å². The Bertz CT molecular complexity index is 1870. The van der Waals surface area contributed by atoms with E-state index in [9.17, 15) is 14.4 Å². The van der Waals surface area contributed by atoms with Crippen molar-refractivity contribution in [3.8, 4) is 0 Å². The summed E-state index contributed by atoms with van der Waals surface area (Å²) < 4.78 is 16.9. The molecule has 0 aliphatic rings. The molecule has 6 heteroatoms. The second kappa shape index (κ2) is 68.3. The molecule has 0 heterocycles. The number of ether oxygens (including phenoxy) is 3. The minimum atomic E-state index is -0.814. The highest BCUT2D eigenvalue weighted by Gasteiger charge is 2.19. The Kier molecular flexibility index (Phi) is 63.9. The number of allylic oxidation sites excluding steroid dienone is 28. The maximum Gasteiger partial charge on any atom is 0.306 e. The highest BCUT2D eigenvalue weighted by molar-refractivity contribution is 5.71. The molecule has 6 nitrogen and oxygen atoms in total. The monoisotopic (exact) mass is 1130 g/mol. The van der Waals surface area contributed by atoms with E-state index in [0.29, 0.717) is 25.7 Å². The highest BCUT2D eigenvalue weighted by Crippen LogP contribution is 2.14. The van der Waals surface area contributed by atoms with Gasteiger partial charge < -0.3 is 14.2 Å². The predicted molar refractivity (Wildman–Crippen MR) is 357 cm³/mol. The average molecular weight is 1130 g/mol. The Morgan fingerprint density at radius 2 is 0.476 bits per heavy atom. The first kappa shape index (κ1) is 76.8. The first-order valence-electron chi connectivity index (χ1n) is 33.1. The maximum absolute atomic E-state index is 12.9. The molecule has 0 fully saturated rings. The summed E-state index contributed by atoms with van der Waals surface area (Å²) >= 11 is 0. The van der Waals surface area contributed by atoms with Crippen LogP contribution in [0.5, 0.6) is 0 Å². The van der Waals surface area contributed by atoms with Crippen molar-refractivity contribution >= 4 is 17.9 Å². The minimum Gasteiger partial charge on any atom is -0.462 e. The molecule has 0 radical (unpaired) electrons. The molecule has 0 spiro atoms. The highest BCUT2D eigenvalue weighted by atomic mass is 16.6. The van der Waals surface area contributed by atoms with Gasteiger partial charge in [-0.2, -0.15) is 0 Å². The SMILES string of the molecule is CC/C=C\C/C=C\C/C=C\C/C=C\C/C=C\C/C=C\C/C=C\C/C=C\C/C=C\C/C=C\CCCCC(=O)OCC(COC(=O)CCCCCCC/C=C\CCCCCCC)OC(=O)CCCCCCCCC/C=C\C/C=C\C/C=C\CC. The minimum absolute atomic E-state index is 0.107. The molecule has 82 heavy (non-hydrogen) atoms. The molecular weight excluding hydrogens is 1010 g/mol. The Labute approximate surface area is 504 Å². The normalized spacial score (nSPS) is 13.3. The van der Waals surface area contributed by atoms with Gasteiger partial charge in [-0.05, 0) is 154 Å². The molecule has 1 atom stereocenters. The van der Waals surface area contributed by atoms with Crippen molar-refractivity contribution in [2.75, 3.05) is 13.2 Å². The number of hydrogen-bond donors (Lipinski definition) is 0. The number of rotatable bonds is 58. The first-order chi connectivity index (χ1) is 40.5. The Morgan fingerprint density at radius 1 is 0.256 bits per heavy atom. The van der Waals surface area contributed by atoms with Crippen molar-refractivity contribution in [2.45, 2.75) is 277 Å². The molecule has 460 valence electrons. The summed E-state index contributed by atoms with van der Waals surface area (Å²) in [5.41, 5.74) is 0. The fraction of sp³-hybridized carbons (Fsp3) is 0.592. The zero-order valence-corrected chi connectivity index (χ0v) is 52.7. The Balaban J connectivity index is 4.43. The summed E-state index contributed by atoms with van der Waals surface area (Å²) in [5, 5.41) is 0. The predicted octanol–water partition coefficient (Wildman–Crippen LogP) is 23.0. The van der Waals surface area contributed by atoms with Gasteiger partial charge in [0.2, 0.25) is 0 Å². The van der Waals surface area contributed by atoms with Crippen LogP contribution in [0.25, 0.3) is 0 Å². The van der Waals surface area contributed by atoms with Crippen molar-refractivity contribution in [3.05, 3.63) is 170 Å². The molecule has 1 unspecified atom stereocenters.